The van der Waals surface area contributed by atoms with Gasteiger partial charge in [0.05, 0.1) is 5.92 Å². The van der Waals surface area contributed by atoms with E-state index in [2.05, 4.69) is 5.32 Å². The summed E-state index contributed by atoms with van der Waals surface area (Å²) in [6.07, 6.45) is 7.35. The lowest BCUT2D eigenvalue weighted by Crippen LogP contribution is -2.40. The fourth-order valence-electron chi connectivity index (χ4n) is 3.06. The van der Waals surface area contributed by atoms with Crippen LogP contribution in [0.3, 0.4) is 0 Å². The highest BCUT2D eigenvalue weighted by Crippen LogP contribution is 2.38. The quantitative estimate of drug-likeness (QED) is 0.634. The smallest absolute Gasteiger partial charge is 0.308 e. The third kappa shape index (κ3) is 5.12. The van der Waals surface area contributed by atoms with Crippen molar-refractivity contribution in [1.82, 2.24) is 5.32 Å². The van der Waals surface area contributed by atoms with Crippen molar-refractivity contribution in [1.29, 1.82) is 0 Å². The number of amides is 1. The number of carbonyl (C=O) groups excluding carboxylic acids is 1. The predicted molar refractivity (Wildman–Crippen MR) is 78.2 cm³/mol. The molecule has 116 valence electrons. The predicted octanol–water partition coefficient (Wildman–Crippen LogP) is 1.90. The van der Waals surface area contributed by atoms with E-state index in [9.17, 15) is 9.59 Å². The highest BCUT2D eigenvalue weighted by Gasteiger charge is 2.33. The molecule has 0 aromatic rings. The first kappa shape index (κ1) is 17.0. The van der Waals surface area contributed by atoms with E-state index in [1.807, 2.05) is 6.92 Å². The molecule has 1 unspecified atom stereocenters. The molecular weight excluding hydrogens is 256 g/mol. The van der Waals surface area contributed by atoms with E-state index in [1.54, 1.807) is 0 Å². The van der Waals surface area contributed by atoms with E-state index in [0.29, 0.717) is 19.4 Å². The van der Waals surface area contributed by atoms with Gasteiger partial charge in [-0.05, 0) is 31.2 Å². The van der Waals surface area contributed by atoms with Gasteiger partial charge in [0.15, 0.2) is 0 Å². The van der Waals surface area contributed by atoms with Gasteiger partial charge in [0.1, 0.15) is 0 Å². The van der Waals surface area contributed by atoms with E-state index in [-0.39, 0.29) is 17.9 Å². The molecule has 0 bridgehead atoms. The maximum absolute atomic E-state index is 12.0. The third-order valence-electron chi connectivity index (χ3n) is 4.41. The Bertz CT molecular complexity index is 325. The molecule has 0 radical (unpaired) electrons. The first-order valence-electron chi connectivity index (χ1n) is 7.72. The lowest BCUT2D eigenvalue weighted by Gasteiger charge is -2.35. The standard InChI is InChI=1S/C15H28N2O3/c1-2-6-12(14(19)20)10-17-13(18)9-15(11-16)7-4-3-5-8-15/h12H,2-11,16H2,1H3,(H,17,18)(H,19,20). The Morgan fingerprint density at radius 2 is 1.95 bits per heavy atom. The molecule has 0 saturated heterocycles. The van der Waals surface area contributed by atoms with Gasteiger partial charge in [0.25, 0.3) is 0 Å². The largest absolute Gasteiger partial charge is 0.481 e. The number of rotatable bonds is 8. The fraction of sp³-hybridized carbons (Fsp3) is 0.867. The molecule has 1 aliphatic carbocycles. The van der Waals surface area contributed by atoms with E-state index < -0.39 is 11.9 Å². The summed E-state index contributed by atoms with van der Waals surface area (Å²) in [4.78, 5) is 23.1. The van der Waals surface area contributed by atoms with E-state index in [0.717, 1.165) is 32.1 Å². The van der Waals surface area contributed by atoms with Gasteiger partial charge >= 0.3 is 5.97 Å². The molecule has 1 aliphatic rings. The van der Waals surface area contributed by atoms with Crippen LogP contribution in [-0.2, 0) is 9.59 Å². The van der Waals surface area contributed by atoms with Gasteiger partial charge in [-0.15, -0.1) is 0 Å². The summed E-state index contributed by atoms with van der Waals surface area (Å²) in [7, 11) is 0. The molecule has 5 nitrogen and oxygen atoms in total. The molecule has 0 aromatic heterocycles. The summed E-state index contributed by atoms with van der Waals surface area (Å²) >= 11 is 0. The number of carbonyl (C=O) groups is 2. The molecule has 0 aromatic carbocycles. The van der Waals surface area contributed by atoms with Crippen molar-refractivity contribution >= 4 is 11.9 Å². The first-order valence-corrected chi connectivity index (χ1v) is 7.72. The van der Waals surface area contributed by atoms with Gasteiger partial charge in [-0.2, -0.15) is 0 Å². The molecule has 1 amide bonds. The number of carboxylic acid groups (broad SMARTS) is 1. The molecule has 1 fully saturated rings. The number of aliphatic carboxylic acids is 1. The highest BCUT2D eigenvalue weighted by atomic mass is 16.4. The summed E-state index contributed by atoms with van der Waals surface area (Å²) in [5.41, 5.74) is 5.80. The van der Waals surface area contributed by atoms with Crippen LogP contribution >= 0.6 is 0 Å². The molecule has 1 atom stereocenters. The average molecular weight is 284 g/mol. The fourth-order valence-corrected chi connectivity index (χ4v) is 3.06. The van der Waals surface area contributed by atoms with Crippen molar-refractivity contribution in [3.63, 3.8) is 0 Å². The Hall–Kier alpha value is -1.10. The Labute approximate surface area is 121 Å². The second-order valence-corrected chi connectivity index (χ2v) is 6.07. The second-order valence-electron chi connectivity index (χ2n) is 6.07. The van der Waals surface area contributed by atoms with Gasteiger partial charge in [0.2, 0.25) is 5.91 Å². The van der Waals surface area contributed by atoms with Crippen LogP contribution in [0.4, 0.5) is 0 Å². The van der Waals surface area contributed by atoms with Crippen molar-refractivity contribution in [2.45, 2.75) is 58.3 Å². The zero-order chi connectivity index (χ0) is 15.0. The topological polar surface area (TPSA) is 92.4 Å². The molecule has 0 aliphatic heterocycles. The minimum Gasteiger partial charge on any atom is -0.481 e. The van der Waals surface area contributed by atoms with Gasteiger partial charge in [-0.3, -0.25) is 9.59 Å². The van der Waals surface area contributed by atoms with Gasteiger partial charge in [-0.1, -0.05) is 32.6 Å². The highest BCUT2D eigenvalue weighted by molar-refractivity contribution is 5.78. The minimum atomic E-state index is -0.835. The normalized spacial score (nSPS) is 19.3. The van der Waals surface area contributed by atoms with E-state index >= 15 is 0 Å². The Kier molecular flexibility index (Phi) is 6.99. The number of hydrogen-bond donors (Lipinski definition) is 3. The SMILES string of the molecule is CCCC(CNC(=O)CC1(CN)CCCCC1)C(=O)O. The lowest BCUT2D eigenvalue weighted by atomic mass is 9.71. The molecule has 4 N–H and O–H groups in total. The van der Waals surface area contributed by atoms with Gasteiger partial charge in [0, 0.05) is 13.0 Å². The van der Waals surface area contributed by atoms with Crippen LogP contribution < -0.4 is 11.1 Å². The summed E-state index contributed by atoms with van der Waals surface area (Å²) in [5.74, 6) is -1.37. The van der Waals surface area contributed by atoms with Crippen LogP contribution in [0.25, 0.3) is 0 Å². The summed E-state index contributed by atoms with van der Waals surface area (Å²) in [6, 6.07) is 0. The zero-order valence-electron chi connectivity index (χ0n) is 12.5. The maximum atomic E-state index is 12.0. The molecule has 0 heterocycles. The summed E-state index contributed by atoms with van der Waals surface area (Å²) < 4.78 is 0. The van der Waals surface area contributed by atoms with Gasteiger partial charge in [-0.25, -0.2) is 0 Å². The van der Waals surface area contributed by atoms with E-state index in [4.69, 9.17) is 10.8 Å². The maximum Gasteiger partial charge on any atom is 0.308 e. The number of nitrogens with two attached hydrogens (primary N) is 1. The van der Waals surface area contributed by atoms with Crippen LogP contribution in [0.15, 0.2) is 0 Å². The Balaban J connectivity index is 2.43. The zero-order valence-corrected chi connectivity index (χ0v) is 12.5. The minimum absolute atomic E-state index is 0.0558. The van der Waals surface area contributed by atoms with Crippen molar-refractivity contribution in [3.8, 4) is 0 Å². The molecular formula is C15H28N2O3. The molecule has 20 heavy (non-hydrogen) atoms. The van der Waals surface area contributed by atoms with Crippen LogP contribution in [0.1, 0.15) is 58.3 Å². The number of hydrogen-bond acceptors (Lipinski definition) is 3. The van der Waals surface area contributed by atoms with Crippen molar-refractivity contribution in [2.24, 2.45) is 17.1 Å². The Morgan fingerprint density at radius 3 is 2.45 bits per heavy atom. The van der Waals surface area contributed by atoms with Crippen LogP contribution in [0, 0.1) is 11.3 Å². The monoisotopic (exact) mass is 284 g/mol. The molecule has 5 heteroatoms. The summed E-state index contributed by atoms with van der Waals surface area (Å²) in [5, 5.41) is 11.8. The van der Waals surface area contributed by atoms with Crippen LogP contribution in [0.5, 0.6) is 0 Å². The number of nitrogens with one attached hydrogen (secondary N) is 1. The lowest BCUT2D eigenvalue weighted by molar-refractivity contribution is -0.142. The molecule has 0 spiro atoms. The second kappa shape index (κ2) is 8.25. The molecule has 1 saturated carbocycles. The van der Waals surface area contributed by atoms with Crippen molar-refractivity contribution in [2.75, 3.05) is 13.1 Å². The Morgan fingerprint density at radius 1 is 1.30 bits per heavy atom. The number of carboxylic acids is 1. The third-order valence-corrected chi connectivity index (χ3v) is 4.41. The van der Waals surface area contributed by atoms with Crippen LogP contribution in [0.2, 0.25) is 0 Å². The van der Waals surface area contributed by atoms with Crippen LogP contribution in [-0.4, -0.2) is 30.1 Å². The molecule has 1 rings (SSSR count). The summed E-state index contributed by atoms with van der Waals surface area (Å²) in [6.45, 7) is 2.71. The van der Waals surface area contributed by atoms with Gasteiger partial charge < -0.3 is 16.2 Å². The van der Waals surface area contributed by atoms with Crippen molar-refractivity contribution < 1.29 is 14.7 Å². The van der Waals surface area contributed by atoms with Crippen molar-refractivity contribution in [3.05, 3.63) is 0 Å². The first-order chi connectivity index (χ1) is 9.53. The average Bonchev–Trinajstić information content (AvgIpc) is 2.44. The van der Waals surface area contributed by atoms with E-state index in [1.165, 1.54) is 6.42 Å².